The lowest BCUT2D eigenvalue weighted by Crippen LogP contribution is -2.49. The molecule has 1 heterocycles. The van der Waals surface area contributed by atoms with E-state index >= 15 is 0 Å². The number of nitrogens with one attached hydrogen (secondary N) is 1. The summed E-state index contributed by atoms with van der Waals surface area (Å²) < 4.78 is 53.4. The summed E-state index contributed by atoms with van der Waals surface area (Å²) in [5.41, 5.74) is 1.62. The van der Waals surface area contributed by atoms with E-state index in [0.717, 1.165) is 12.1 Å². The fraction of sp³-hybridized carbons (Fsp3) is 0.625. The van der Waals surface area contributed by atoms with Crippen LogP contribution in [-0.2, 0) is 20.0 Å². The van der Waals surface area contributed by atoms with Crippen LogP contribution < -0.4 is 4.72 Å². The topological polar surface area (TPSA) is 86.8 Å². The lowest BCUT2D eigenvalue weighted by Gasteiger charge is -2.33. The smallest absolute Gasteiger partial charge is 0.240 e. The normalized spacial score (nSPS) is 17.7. The number of likely N-dealkylation sites (N-methyl/N-ethyl adjacent to an activating group) is 1. The van der Waals surface area contributed by atoms with Gasteiger partial charge in [-0.2, -0.15) is 4.31 Å². The van der Waals surface area contributed by atoms with Gasteiger partial charge >= 0.3 is 0 Å². The Morgan fingerprint density at radius 3 is 2.24 bits per heavy atom. The largest absolute Gasteiger partial charge is 0.301 e. The molecule has 1 N–H and O–H groups in total. The van der Waals surface area contributed by atoms with Crippen LogP contribution in [0, 0.1) is 13.8 Å². The SMILES string of the molecule is CCN1CCN(S(=O)(=O)CCNS(=O)(=O)c2ccc(C)cc2C)CC1. The minimum Gasteiger partial charge on any atom is -0.301 e. The number of rotatable bonds is 7. The quantitative estimate of drug-likeness (QED) is 0.736. The van der Waals surface area contributed by atoms with Gasteiger partial charge in [-0.1, -0.05) is 24.6 Å². The standard InChI is InChI=1S/C16H27N3O4S2/c1-4-18-8-10-19(11-9-18)24(20,21)12-7-17-25(22,23)16-6-5-14(2)13-15(16)3/h5-6,13,17H,4,7-12H2,1-3H3. The molecule has 1 saturated heterocycles. The molecule has 0 bridgehead atoms. The number of aryl methyl sites for hydroxylation is 2. The van der Waals surface area contributed by atoms with Crippen molar-refractivity contribution < 1.29 is 16.8 Å². The summed E-state index contributed by atoms with van der Waals surface area (Å²) in [7, 11) is -7.17. The molecule has 0 atom stereocenters. The summed E-state index contributed by atoms with van der Waals surface area (Å²) in [5, 5.41) is 0. The first-order valence-corrected chi connectivity index (χ1v) is 11.5. The molecule has 142 valence electrons. The Morgan fingerprint density at radius 1 is 1.04 bits per heavy atom. The van der Waals surface area contributed by atoms with Crippen molar-refractivity contribution in [2.24, 2.45) is 0 Å². The number of nitrogens with zero attached hydrogens (tertiary/aromatic N) is 2. The Labute approximate surface area is 151 Å². The lowest BCUT2D eigenvalue weighted by molar-refractivity contribution is 0.196. The molecule has 0 aromatic heterocycles. The fourth-order valence-corrected chi connectivity index (χ4v) is 5.66. The van der Waals surface area contributed by atoms with Gasteiger partial charge in [0.1, 0.15) is 0 Å². The summed E-state index contributed by atoms with van der Waals surface area (Å²) >= 11 is 0. The van der Waals surface area contributed by atoms with E-state index in [1.807, 2.05) is 13.8 Å². The summed E-state index contributed by atoms with van der Waals surface area (Å²) in [6, 6.07) is 5.06. The number of sulfonamides is 2. The number of hydrogen-bond acceptors (Lipinski definition) is 5. The first-order chi connectivity index (χ1) is 11.7. The van der Waals surface area contributed by atoms with Gasteiger partial charge in [-0.25, -0.2) is 21.6 Å². The zero-order valence-corrected chi connectivity index (χ0v) is 16.7. The van der Waals surface area contributed by atoms with E-state index in [4.69, 9.17) is 0 Å². The van der Waals surface area contributed by atoms with Gasteiger partial charge in [-0.15, -0.1) is 0 Å². The summed E-state index contributed by atoms with van der Waals surface area (Å²) in [6.07, 6.45) is 0. The molecular formula is C16H27N3O4S2. The van der Waals surface area contributed by atoms with E-state index in [9.17, 15) is 16.8 Å². The molecule has 1 aliphatic heterocycles. The van der Waals surface area contributed by atoms with Crippen molar-refractivity contribution >= 4 is 20.0 Å². The van der Waals surface area contributed by atoms with Gasteiger partial charge < -0.3 is 4.90 Å². The Balaban J connectivity index is 1.95. The van der Waals surface area contributed by atoms with Crippen LogP contribution in [0.3, 0.4) is 0 Å². The molecule has 25 heavy (non-hydrogen) atoms. The Kier molecular flexibility index (Phi) is 6.61. The first-order valence-electron chi connectivity index (χ1n) is 8.43. The molecule has 9 heteroatoms. The highest BCUT2D eigenvalue weighted by molar-refractivity contribution is 7.90. The van der Waals surface area contributed by atoms with Crippen LogP contribution in [0.4, 0.5) is 0 Å². The highest BCUT2D eigenvalue weighted by Crippen LogP contribution is 2.16. The van der Waals surface area contributed by atoms with Gasteiger partial charge in [0.2, 0.25) is 20.0 Å². The van der Waals surface area contributed by atoms with Crippen molar-refractivity contribution in [1.82, 2.24) is 13.9 Å². The van der Waals surface area contributed by atoms with Gasteiger partial charge in [0.05, 0.1) is 10.6 Å². The molecule has 1 aliphatic rings. The maximum Gasteiger partial charge on any atom is 0.240 e. The first kappa shape index (κ1) is 20.3. The Bertz CT molecular complexity index is 799. The Morgan fingerprint density at radius 2 is 1.68 bits per heavy atom. The van der Waals surface area contributed by atoms with Crippen molar-refractivity contribution in [3.8, 4) is 0 Å². The zero-order chi connectivity index (χ0) is 18.7. The third-order valence-electron chi connectivity index (χ3n) is 4.44. The molecular weight excluding hydrogens is 362 g/mol. The van der Waals surface area contributed by atoms with E-state index in [1.165, 1.54) is 4.31 Å². The molecule has 0 aliphatic carbocycles. The van der Waals surface area contributed by atoms with Gasteiger partial charge in [-0.05, 0) is 32.0 Å². The van der Waals surface area contributed by atoms with E-state index in [2.05, 4.69) is 9.62 Å². The van der Waals surface area contributed by atoms with E-state index < -0.39 is 20.0 Å². The molecule has 1 aromatic carbocycles. The number of piperazine rings is 1. The molecule has 0 saturated carbocycles. The van der Waals surface area contributed by atoms with Gasteiger partial charge in [0.15, 0.2) is 0 Å². The number of benzene rings is 1. The zero-order valence-electron chi connectivity index (χ0n) is 15.0. The second-order valence-corrected chi connectivity index (χ2v) is 10.1. The van der Waals surface area contributed by atoms with Crippen LogP contribution in [0.1, 0.15) is 18.1 Å². The predicted molar refractivity (Wildman–Crippen MR) is 98.6 cm³/mol. The van der Waals surface area contributed by atoms with E-state index in [1.54, 1.807) is 25.1 Å². The molecule has 0 unspecified atom stereocenters. The van der Waals surface area contributed by atoms with Crippen LogP contribution in [0.5, 0.6) is 0 Å². The van der Waals surface area contributed by atoms with Crippen molar-refractivity contribution in [2.75, 3.05) is 45.0 Å². The summed E-state index contributed by atoms with van der Waals surface area (Å²) in [6.45, 7) is 8.78. The third kappa shape index (κ3) is 5.24. The predicted octanol–water partition coefficient (Wildman–Crippen LogP) is 0.549. The van der Waals surface area contributed by atoms with Crippen LogP contribution in [0.15, 0.2) is 23.1 Å². The number of hydrogen-bond donors (Lipinski definition) is 1. The van der Waals surface area contributed by atoms with Crippen molar-refractivity contribution in [1.29, 1.82) is 0 Å². The van der Waals surface area contributed by atoms with Crippen LogP contribution in [0.25, 0.3) is 0 Å². The average Bonchev–Trinajstić information content (AvgIpc) is 2.54. The van der Waals surface area contributed by atoms with Crippen molar-refractivity contribution in [3.05, 3.63) is 29.3 Å². The molecule has 0 amide bonds. The molecule has 7 nitrogen and oxygen atoms in total. The minimum absolute atomic E-state index is 0.133. The highest BCUT2D eigenvalue weighted by Gasteiger charge is 2.26. The lowest BCUT2D eigenvalue weighted by atomic mass is 10.2. The van der Waals surface area contributed by atoms with Crippen molar-refractivity contribution in [3.63, 3.8) is 0 Å². The summed E-state index contributed by atoms with van der Waals surface area (Å²) in [4.78, 5) is 2.38. The fourth-order valence-electron chi connectivity index (χ4n) is 2.94. The monoisotopic (exact) mass is 389 g/mol. The van der Waals surface area contributed by atoms with E-state index in [-0.39, 0.29) is 17.2 Å². The molecule has 1 aromatic rings. The van der Waals surface area contributed by atoms with Crippen LogP contribution in [-0.4, -0.2) is 71.1 Å². The molecule has 0 radical (unpaired) electrons. The third-order valence-corrected chi connectivity index (χ3v) is 7.94. The van der Waals surface area contributed by atoms with Gasteiger partial charge in [0.25, 0.3) is 0 Å². The molecule has 2 rings (SSSR count). The van der Waals surface area contributed by atoms with Crippen molar-refractivity contribution in [2.45, 2.75) is 25.7 Å². The average molecular weight is 390 g/mol. The van der Waals surface area contributed by atoms with Gasteiger partial charge in [-0.3, -0.25) is 0 Å². The van der Waals surface area contributed by atoms with Crippen LogP contribution >= 0.6 is 0 Å². The highest BCUT2D eigenvalue weighted by atomic mass is 32.2. The van der Waals surface area contributed by atoms with Gasteiger partial charge in [0, 0.05) is 32.7 Å². The Hall–Kier alpha value is -1.00. The second-order valence-electron chi connectivity index (χ2n) is 6.32. The van der Waals surface area contributed by atoms with E-state index in [0.29, 0.717) is 31.7 Å². The maximum absolute atomic E-state index is 12.4. The molecule has 0 spiro atoms. The maximum atomic E-state index is 12.4. The minimum atomic E-state index is -3.71. The molecule has 1 fully saturated rings. The summed E-state index contributed by atoms with van der Waals surface area (Å²) in [5.74, 6) is -0.233. The van der Waals surface area contributed by atoms with Crippen LogP contribution in [0.2, 0.25) is 0 Å². The second kappa shape index (κ2) is 8.13.